The summed E-state index contributed by atoms with van der Waals surface area (Å²) in [5.74, 6) is -0.255. The third kappa shape index (κ3) is 2.98. The fourth-order valence-corrected chi connectivity index (χ4v) is 5.35. The molecule has 3 nitrogen and oxygen atoms in total. The average Bonchev–Trinajstić information content (AvgIpc) is 2.94. The van der Waals surface area contributed by atoms with Crippen molar-refractivity contribution in [3.05, 3.63) is 63.6 Å². The Hall–Kier alpha value is -2.28. The number of carbonyl (C=O) groups is 1. The van der Waals surface area contributed by atoms with Gasteiger partial charge < -0.3 is 9.64 Å². The summed E-state index contributed by atoms with van der Waals surface area (Å²) in [5, 5.41) is 0. The first-order valence-corrected chi connectivity index (χ1v) is 10.3. The van der Waals surface area contributed by atoms with E-state index in [4.69, 9.17) is 4.74 Å². The fraction of sp³-hybridized carbons (Fsp3) is 0.318. The Morgan fingerprint density at radius 3 is 2.34 bits per heavy atom. The van der Waals surface area contributed by atoms with Crippen LogP contribution in [0.2, 0.25) is 0 Å². The smallest absolute Gasteiger partial charge is 0.455 e. The molecule has 7 heteroatoms. The second kappa shape index (κ2) is 6.62. The van der Waals surface area contributed by atoms with Gasteiger partial charge in [0.05, 0.1) is 4.47 Å². The van der Waals surface area contributed by atoms with Crippen LogP contribution in [0.1, 0.15) is 36.8 Å². The van der Waals surface area contributed by atoms with Crippen LogP contribution >= 0.6 is 15.9 Å². The van der Waals surface area contributed by atoms with Crippen LogP contribution in [-0.2, 0) is 4.79 Å². The molecule has 3 aliphatic heterocycles. The zero-order valence-electron chi connectivity index (χ0n) is 15.3. The number of benzene rings is 2. The molecule has 2 bridgehead atoms. The van der Waals surface area contributed by atoms with E-state index in [2.05, 4.69) is 15.9 Å². The van der Waals surface area contributed by atoms with E-state index in [9.17, 15) is 18.0 Å². The zero-order chi connectivity index (χ0) is 20.3. The van der Waals surface area contributed by atoms with Gasteiger partial charge in [0.1, 0.15) is 11.5 Å². The van der Waals surface area contributed by atoms with Gasteiger partial charge in [0.2, 0.25) is 0 Å². The van der Waals surface area contributed by atoms with Crippen LogP contribution < -0.4 is 4.74 Å². The number of hydrogen-bond acceptors (Lipinski definition) is 2. The van der Waals surface area contributed by atoms with E-state index in [-0.39, 0.29) is 0 Å². The summed E-state index contributed by atoms with van der Waals surface area (Å²) in [6, 6.07) is 12.7. The van der Waals surface area contributed by atoms with Crippen molar-refractivity contribution in [1.82, 2.24) is 4.90 Å². The first kappa shape index (κ1) is 18.7. The predicted molar refractivity (Wildman–Crippen MR) is 106 cm³/mol. The molecule has 1 amide bonds. The lowest BCUT2D eigenvalue weighted by Gasteiger charge is -2.38. The topological polar surface area (TPSA) is 29.5 Å². The molecule has 150 valence electrons. The molecule has 5 rings (SSSR count). The van der Waals surface area contributed by atoms with Crippen LogP contribution in [-0.4, -0.2) is 29.1 Å². The number of nitrogens with zero attached hydrogens (tertiary/aromatic N) is 1. The number of piperidine rings is 1. The van der Waals surface area contributed by atoms with E-state index >= 15 is 0 Å². The molecule has 3 aliphatic rings. The highest BCUT2D eigenvalue weighted by Gasteiger charge is 2.51. The second-order valence-electron chi connectivity index (χ2n) is 7.70. The van der Waals surface area contributed by atoms with Gasteiger partial charge in [0, 0.05) is 23.2 Å². The van der Waals surface area contributed by atoms with Crippen molar-refractivity contribution in [3.8, 4) is 11.5 Å². The number of alkyl halides is 3. The van der Waals surface area contributed by atoms with Crippen LogP contribution in [0, 0.1) is 0 Å². The molecule has 2 aromatic carbocycles. The minimum absolute atomic E-state index is 0.406. The summed E-state index contributed by atoms with van der Waals surface area (Å²) in [6.07, 6.45) is -2.71. The first-order valence-electron chi connectivity index (χ1n) is 9.52. The van der Waals surface area contributed by atoms with Gasteiger partial charge in [-0.15, -0.1) is 0 Å². The molecule has 0 aliphatic carbocycles. The third-order valence-electron chi connectivity index (χ3n) is 6.02. The molecule has 0 radical (unpaired) electrons. The molecule has 0 N–H and O–H groups in total. The van der Waals surface area contributed by atoms with E-state index in [0.29, 0.717) is 25.7 Å². The molecule has 2 fully saturated rings. The quantitative estimate of drug-likeness (QED) is 0.404. The number of carbonyl (C=O) groups excluding carboxylic acids is 1. The molecule has 0 spiro atoms. The monoisotopic (exact) mass is 463 g/mol. The van der Waals surface area contributed by atoms with E-state index in [1.165, 1.54) is 0 Å². The van der Waals surface area contributed by atoms with Crippen molar-refractivity contribution < 1.29 is 22.7 Å². The highest BCUT2D eigenvalue weighted by molar-refractivity contribution is 9.10. The van der Waals surface area contributed by atoms with Crippen LogP contribution in [0.25, 0.3) is 5.57 Å². The molecule has 2 unspecified atom stereocenters. The van der Waals surface area contributed by atoms with E-state index in [0.717, 1.165) is 43.1 Å². The minimum atomic E-state index is -4.83. The number of rotatable bonds is 0. The fourth-order valence-electron chi connectivity index (χ4n) is 4.90. The van der Waals surface area contributed by atoms with E-state index in [1.54, 1.807) is 0 Å². The predicted octanol–water partition coefficient (Wildman–Crippen LogP) is 6.07. The Labute approximate surface area is 174 Å². The van der Waals surface area contributed by atoms with Crippen molar-refractivity contribution in [1.29, 1.82) is 0 Å². The van der Waals surface area contributed by atoms with Crippen LogP contribution in [0.5, 0.6) is 11.5 Å². The van der Waals surface area contributed by atoms with Crippen molar-refractivity contribution >= 4 is 27.4 Å². The van der Waals surface area contributed by atoms with Gasteiger partial charge in [-0.1, -0.05) is 35.9 Å². The van der Waals surface area contributed by atoms with Crippen LogP contribution in [0.4, 0.5) is 13.2 Å². The zero-order valence-corrected chi connectivity index (χ0v) is 16.9. The number of fused-ring (bicyclic) bond motifs is 4. The summed E-state index contributed by atoms with van der Waals surface area (Å²) in [4.78, 5) is 13.0. The molecule has 29 heavy (non-hydrogen) atoms. The first-order chi connectivity index (χ1) is 13.8. The van der Waals surface area contributed by atoms with Crippen LogP contribution in [0.15, 0.2) is 52.5 Å². The number of para-hydroxylation sites is 2. The summed E-state index contributed by atoms with van der Waals surface area (Å²) >= 11 is 3.55. The maximum atomic E-state index is 13.1. The molecule has 2 atom stereocenters. The number of amides is 1. The van der Waals surface area contributed by atoms with Crippen molar-refractivity contribution in [2.45, 2.75) is 43.9 Å². The Morgan fingerprint density at radius 2 is 1.66 bits per heavy atom. The van der Waals surface area contributed by atoms with Gasteiger partial charge in [-0.25, -0.2) is 0 Å². The lowest BCUT2D eigenvalue weighted by molar-refractivity contribution is -0.189. The normalized spacial score (nSPS) is 22.8. The lowest BCUT2D eigenvalue weighted by Crippen LogP contribution is -2.50. The van der Waals surface area contributed by atoms with E-state index in [1.807, 2.05) is 42.5 Å². The largest absolute Gasteiger partial charge is 0.471 e. The molecule has 2 aromatic rings. The Morgan fingerprint density at radius 1 is 1.00 bits per heavy atom. The van der Waals surface area contributed by atoms with Gasteiger partial charge in [-0.2, -0.15) is 13.2 Å². The minimum Gasteiger partial charge on any atom is -0.455 e. The highest BCUT2D eigenvalue weighted by atomic mass is 79.9. The Bertz CT molecular complexity index is 1030. The van der Waals surface area contributed by atoms with Gasteiger partial charge >= 0.3 is 12.1 Å². The molecule has 0 aromatic heterocycles. The molecule has 3 heterocycles. The maximum Gasteiger partial charge on any atom is 0.471 e. The van der Waals surface area contributed by atoms with Gasteiger partial charge in [0.15, 0.2) is 0 Å². The average molecular weight is 464 g/mol. The summed E-state index contributed by atoms with van der Waals surface area (Å²) in [6.45, 7) is 0. The summed E-state index contributed by atoms with van der Waals surface area (Å²) in [5.41, 5.74) is 4.00. The standard InChI is InChI=1S/C22H17BrF3NO2/c23-17-6-3-5-16-19(15-4-1-2-7-18(15)29-20(16)17)12-10-13-8-9-14(11-12)27(13)21(28)22(24,25)26/h1-7,13-14H,8-11H2. The van der Waals surface area contributed by atoms with Crippen molar-refractivity contribution in [2.75, 3.05) is 0 Å². The van der Waals surface area contributed by atoms with E-state index < -0.39 is 24.2 Å². The Kier molecular flexibility index (Phi) is 4.28. The molecule has 0 saturated carbocycles. The number of hydrogen-bond donors (Lipinski definition) is 0. The highest BCUT2D eigenvalue weighted by Crippen LogP contribution is 2.51. The molecule has 2 saturated heterocycles. The van der Waals surface area contributed by atoms with Gasteiger partial charge in [-0.3, -0.25) is 4.79 Å². The SMILES string of the molecule is O=C(N1C2CCC1CC(=C1c3ccccc3Oc3c(Br)cccc31)C2)C(F)(F)F. The summed E-state index contributed by atoms with van der Waals surface area (Å²) in [7, 11) is 0. The number of halogens is 4. The van der Waals surface area contributed by atoms with Crippen molar-refractivity contribution in [2.24, 2.45) is 0 Å². The lowest BCUT2D eigenvalue weighted by atomic mass is 9.84. The molecular weight excluding hydrogens is 447 g/mol. The third-order valence-corrected chi connectivity index (χ3v) is 6.64. The summed E-state index contributed by atoms with van der Waals surface area (Å²) < 4.78 is 46.2. The van der Waals surface area contributed by atoms with Gasteiger partial charge in [0.25, 0.3) is 0 Å². The van der Waals surface area contributed by atoms with Crippen molar-refractivity contribution in [3.63, 3.8) is 0 Å². The second-order valence-corrected chi connectivity index (χ2v) is 8.55. The Balaban J connectivity index is 1.62. The molecular formula is C22H17BrF3NO2. The van der Waals surface area contributed by atoms with Gasteiger partial charge in [-0.05, 0) is 59.3 Å². The maximum absolute atomic E-state index is 13.1. The van der Waals surface area contributed by atoms with Crippen LogP contribution in [0.3, 0.4) is 0 Å². The number of ether oxygens (including phenoxy) is 1.